The van der Waals surface area contributed by atoms with Crippen LogP contribution in [0.3, 0.4) is 0 Å². The number of nitrogens with zero attached hydrogens (tertiary/aromatic N) is 2. The topological polar surface area (TPSA) is 18.5 Å². The summed E-state index contributed by atoms with van der Waals surface area (Å²) in [4.78, 5) is 4.95. The lowest BCUT2D eigenvalue weighted by Gasteiger charge is -2.27. The van der Waals surface area contributed by atoms with Crippen molar-refractivity contribution in [2.24, 2.45) is 5.92 Å². The standard InChI is InChI=1S/C13H29N3/c1-5-7-14-9-12(2)16(4)11-13-6-8-15(3)10-13/h12-14H,5-11H2,1-4H3. The molecule has 1 aliphatic rings. The minimum atomic E-state index is 0.650. The lowest BCUT2D eigenvalue weighted by Crippen LogP contribution is -2.40. The van der Waals surface area contributed by atoms with Crippen LogP contribution in [0, 0.1) is 5.92 Å². The molecule has 0 aromatic carbocycles. The van der Waals surface area contributed by atoms with Crippen molar-refractivity contribution < 1.29 is 0 Å². The maximum absolute atomic E-state index is 3.50. The van der Waals surface area contributed by atoms with Crippen molar-refractivity contribution in [2.45, 2.75) is 32.7 Å². The average molecular weight is 227 g/mol. The maximum atomic E-state index is 3.50. The Kier molecular flexibility index (Phi) is 6.32. The fourth-order valence-electron chi connectivity index (χ4n) is 2.41. The molecule has 0 saturated carbocycles. The van der Waals surface area contributed by atoms with E-state index in [4.69, 9.17) is 0 Å². The number of likely N-dealkylation sites (N-methyl/N-ethyl adjacent to an activating group) is 1. The Labute approximate surface area is 101 Å². The van der Waals surface area contributed by atoms with Gasteiger partial charge in [0.25, 0.3) is 0 Å². The first-order valence-electron chi connectivity index (χ1n) is 6.73. The van der Waals surface area contributed by atoms with Crippen LogP contribution in [0.4, 0.5) is 0 Å². The summed E-state index contributed by atoms with van der Waals surface area (Å²) in [5.41, 5.74) is 0. The number of rotatable bonds is 7. The molecule has 16 heavy (non-hydrogen) atoms. The van der Waals surface area contributed by atoms with Gasteiger partial charge in [0.2, 0.25) is 0 Å². The van der Waals surface area contributed by atoms with Gasteiger partial charge in [-0.15, -0.1) is 0 Å². The molecule has 0 spiro atoms. The quantitative estimate of drug-likeness (QED) is 0.661. The van der Waals surface area contributed by atoms with E-state index in [-0.39, 0.29) is 0 Å². The third kappa shape index (κ3) is 4.81. The molecule has 96 valence electrons. The third-order valence-corrected chi connectivity index (χ3v) is 3.65. The number of nitrogens with one attached hydrogen (secondary N) is 1. The summed E-state index contributed by atoms with van der Waals surface area (Å²) < 4.78 is 0. The van der Waals surface area contributed by atoms with E-state index < -0.39 is 0 Å². The molecule has 1 rings (SSSR count). The SMILES string of the molecule is CCCNCC(C)N(C)CC1CCN(C)C1. The summed E-state index contributed by atoms with van der Waals surface area (Å²) in [6.45, 7) is 10.6. The normalized spacial score (nSPS) is 24.2. The summed E-state index contributed by atoms with van der Waals surface area (Å²) in [7, 11) is 4.49. The van der Waals surface area contributed by atoms with Crippen LogP contribution in [0.25, 0.3) is 0 Å². The van der Waals surface area contributed by atoms with E-state index in [0.717, 1.165) is 19.0 Å². The molecule has 0 radical (unpaired) electrons. The summed E-state index contributed by atoms with van der Waals surface area (Å²) in [6, 6.07) is 0.650. The molecule has 1 aliphatic heterocycles. The van der Waals surface area contributed by atoms with Gasteiger partial charge < -0.3 is 15.1 Å². The fourth-order valence-corrected chi connectivity index (χ4v) is 2.41. The van der Waals surface area contributed by atoms with Crippen molar-refractivity contribution in [3.8, 4) is 0 Å². The van der Waals surface area contributed by atoms with E-state index >= 15 is 0 Å². The van der Waals surface area contributed by atoms with Gasteiger partial charge in [-0.1, -0.05) is 6.92 Å². The predicted octanol–water partition coefficient (Wildman–Crippen LogP) is 1.26. The zero-order chi connectivity index (χ0) is 12.0. The molecule has 0 aromatic heterocycles. The molecule has 2 unspecified atom stereocenters. The second-order valence-electron chi connectivity index (χ2n) is 5.41. The van der Waals surface area contributed by atoms with Crippen molar-refractivity contribution in [3.63, 3.8) is 0 Å². The summed E-state index contributed by atoms with van der Waals surface area (Å²) >= 11 is 0. The van der Waals surface area contributed by atoms with Crippen LogP contribution in [0.5, 0.6) is 0 Å². The Morgan fingerprint density at radius 2 is 2.25 bits per heavy atom. The van der Waals surface area contributed by atoms with Crippen LogP contribution in [0.2, 0.25) is 0 Å². The highest BCUT2D eigenvalue weighted by Crippen LogP contribution is 2.15. The first kappa shape index (κ1) is 13.9. The molecule has 3 heteroatoms. The molecule has 3 nitrogen and oxygen atoms in total. The maximum Gasteiger partial charge on any atom is 0.0189 e. The van der Waals surface area contributed by atoms with Crippen LogP contribution in [0.1, 0.15) is 26.7 Å². The molecule has 0 amide bonds. The highest BCUT2D eigenvalue weighted by atomic mass is 15.2. The first-order valence-corrected chi connectivity index (χ1v) is 6.73. The molecule has 0 bridgehead atoms. The largest absolute Gasteiger partial charge is 0.315 e. The van der Waals surface area contributed by atoms with Crippen molar-refractivity contribution in [2.75, 3.05) is 46.8 Å². The third-order valence-electron chi connectivity index (χ3n) is 3.65. The minimum absolute atomic E-state index is 0.650. The molecule has 1 N–H and O–H groups in total. The molecule has 1 heterocycles. The minimum Gasteiger partial charge on any atom is -0.315 e. The van der Waals surface area contributed by atoms with Gasteiger partial charge in [0.15, 0.2) is 0 Å². The fraction of sp³-hybridized carbons (Fsp3) is 1.00. The number of likely N-dealkylation sites (tertiary alicyclic amines) is 1. The molecule has 1 saturated heterocycles. The van der Waals surface area contributed by atoms with Gasteiger partial charge in [0.05, 0.1) is 0 Å². The second-order valence-corrected chi connectivity index (χ2v) is 5.41. The number of hydrogen-bond acceptors (Lipinski definition) is 3. The predicted molar refractivity (Wildman–Crippen MR) is 70.9 cm³/mol. The van der Waals surface area contributed by atoms with Crippen molar-refractivity contribution in [1.82, 2.24) is 15.1 Å². The van der Waals surface area contributed by atoms with Gasteiger partial charge in [-0.25, -0.2) is 0 Å². The Morgan fingerprint density at radius 1 is 1.50 bits per heavy atom. The van der Waals surface area contributed by atoms with E-state index in [0.29, 0.717) is 6.04 Å². The molecule has 1 fully saturated rings. The van der Waals surface area contributed by atoms with Gasteiger partial charge in [-0.05, 0) is 52.9 Å². The molecular weight excluding hydrogens is 198 g/mol. The summed E-state index contributed by atoms with van der Waals surface area (Å²) in [6.07, 6.45) is 2.60. The monoisotopic (exact) mass is 227 g/mol. The van der Waals surface area contributed by atoms with Gasteiger partial charge in [0.1, 0.15) is 0 Å². The van der Waals surface area contributed by atoms with Crippen LogP contribution in [0.15, 0.2) is 0 Å². The van der Waals surface area contributed by atoms with E-state index in [2.05, 4.69) is 43.1 Å². The Hall–Kier alpha value is -0.120. The van der Waals surface area contributed by atoms with Crippen LogP contribution in [-0.4, -0.2) is 62.7 Å². The highest BCUT2D eigenvalue weighted by Gasteiger charge is 2.22. The molecule has 0 aromatic rings. The van der Waals surface area contributed by atoms with Crippen molar-refractivity contribution in [1.29, 1.82) is 0 Å². The average Bonchev–Trinajstić information content (AvgIpc) is 2.64. The Morgan fingerprint density at radius 3 is 2.81 bits per heavy atom. The Balaban J connectivity index is 2.15. The van der Waals surface area contributed by atoms with Gasteiger partial charge in [-0.2, -0.15) is 0 Å². The van der Waals surface area contributed by atoms with E-state index in [1.807, 2.05) is 0 Å². The van der Waals surface area contributed by atoms with Crippen LogP contribution in [-0.2, 0) is 0 Å². The van der Waals surface area contributed by atoms with Gasteiger partial charge in [0, 0.05) is 25.7 Å². The first-order chi connectivity index (χ1) is 7.63. The summed E-state index contributed by atoms with van der Waals surface area (Å²) in [5, 5.41) is 3.50. The molecule has 0 aliphatic carbocycles. The van der Waals surface area contributed by atoms with E-state index in [1.54, 1.807) is 0 Å². The lowest BCUT2D eigenvalue weighted by atomic mass is 10.1. The van der Waals surface area contributed by atoms with Crippen LogP contribution < -0.4 is 5.32 Å². The zero-order valence-corrected chi connectivity index (χ0v) is 11.5. The molecular formula is C13H29N3. The molecule has 2 atom stereocenters. The lowest BCUT2D eigenvalue weighted by molar-refractivity contribution is 0.214. The zero-order valence-electron chi connectivity index (χ0n) is 11.5. The van der Waals surface area contributed by atoms with Gasteiger partial charge >= 0.3 is 0 Å². The van der Waals surface area contributed by atoms with E-state index in [9.17, 15) is 0 Å². The van der Waals surface area contributed by atoms with Gasteiger partial charge in [-0.3, -0.25) is 0 Å². The Bertz CT molecular complexity index is 184. The summed E-state index contributed by atoms with van der Waals surface area (Å²) in [5.74, 6) is 0.878. The number of hydrogen-bond donors (Lipinski definition) is 1. The second kappa shape index (κ2) is 7.25. The van der Waals surface area contributed by atoms with Crippen LogP contribution >= 0.6 is 0 Å². The van der Waals surface area contributed by atoms with E-state index in [1.165, 1.54) is 32.5 Å². The van der Waals surface area contributed by atoms with Crippen molar-refractivity contribution >= 4 is 0 Å². The van der Waals surface area contributed by atoms with Crippen molar-refractivity contribution in [3.05, 3.63) is 0 Å². The highest BCUT2D eigenvalue weighted by molar-refractivity contribution is 4.77. The smallest absolute Gasteiger partial charge is 0.0189 e.